The van der Waals surface area contributed by atoms with Gasteiger partial charge >= 0.3 is 0 Å². The Morgan fingerprint density at radius 1 is 0.889 bits per heavy atom. The number of Topliss-reactive ketones (excluding diaryl/α,β-unsaturated/α-hetero) is 1. The van der Waals surface area contributed by atoms with E-state index in [1.54, 1.807) is 0 Å². The highest BCUT2D eigenvalue weighted by Crippen LogP contribution is 2.54. The van der Waals surface area contributed by atoms with Crippen molar-refractivity contribution in [3.8, 4) is 0 Å². The van der Waals surface area contributed by atoms with E-state index in [4.69, 9.17) is 0 Å². The molecule has 90 valence electrons. The molecule has 0 spiro atoms. The number of ketones is 1. The van der Waals surface area contributed by atoms with Crippen molar-refractivity contribution < 1.29 is 4.79 Å². The molecule has 0 saturated heterocycles. The molecule has 2 aromatic carbocycles. The number of carbonyl (C=O) groups is 1. The summed E-state index contributed by atoms with van der Waals surface area (Å²) in [6.45, 7) is 2.17. The van der Waals surface area contributed by atoms with Gasteiger partial charge in [-0.05, 0) is 17.4 Å². The first-order valence-corrected chi connectivity index (χ1v) is 6.43. The highest BCUT2D eigenvalue weighted by molar-refractivity contribution is 6.00. The molecule has 2 aromatic rings. The van der Waals surface area contributed by atoms with E-state index in [2.05, 4.69) is 19.1 Å². The largest absolute Gasteiger partial charge is 0.294 e. The van der Waals surface area contributed by atoms with Gasteiger partial charge in [-0.25, -0.2) is 0 Å². The van der Waals surface area contributed by atoms with Crippen LogP contribution >= 0.6 is 0 Å². The van der Waals surface area contributed by atoms with E-state index < -0.39 is 0 Å². The molecule has 3 rings (SSSR count). The first-order valence-electron chi connectivity index (χ1n) is 6.43. The normalized spacial score (nSPS) is 25.7. The van der Waals surface area contributed by atoms with Crippen molar-refractivity contribution in [2.45, 2.75) is 12.8 Å². The van der Waals surface area contributed by atoms with E-state index in [0.717, 1.165) is 5.56 Å². The van der Waals surface area contributed by atoms with Gasteiger partial charge in [0.2, 0.25) is 0 Å². The van der Waals surface area contributed by atoms with Crippen molar-refractivity contribution in [1.29, 1.82) is 0 Å². The first kappa shape index (κ1) is 11.2. The van der Waals surface area contributed by atoms with Crippen LogP contribution in [0.2, 0.25) is 0 Å². The molecular weight excluding hydrogens is 220 g/mol. The van der Waals surface area contributed by atoms with Gasteiger partial charge in [0.1, 0.15) is 0 Å². The quantitative estimate of drug-likeness (QED) is 0.738. The monoisotopic (exact) mass is 236 g/mol. The molecule has 0 unspecified atom stereocenters. The Morgan fingerprint density at radius 2 is 1.44 bits per heavy atom. The maximum absolute atomic E-state index is 12.4. The molecule has 0 aliphatic heterocycles. The van der Waals surface area contributed by atoms with Gasteiger partial charge in [0.15, 0.2) is 5.78 Å². The van der Waals surface area contributed by atoms with Gasteiger partial charge in [-0.1, -0.05) is 67.6 Å². The van der Waals surface area contributed by atoms with Crippen molar-refractivity contribution in [1.82, 2.24) is 0 Å². The van der Waals surface area contributed by atoms with Crippen molar-refractivity contribution in [3.63, 3.8) is 0 Å². The van der Waals surface area contributed by atoms with Crippen LogP contribution in [0.4, 0.5) is 0 Å². The highest BCUT2D eigenvalue weighted by atomic mass is 16.1. The molecule has 1 aliphatic carbocycles. The summed E-state index contributed by atoms with van der Waals surface area (Å²) in [7, 11) is 0. The molecule has 1 heteroatoms. The fourth-order valence-electron chi connectivity index (χ4n) is 2.85. The predicted molar refractivity (Wildman–Crippen MR) is 72.6 cm³/mol. The molecule has 0 heterocycles. The van der Waals surface area contributed by atoms with Gasteiger partial charge in [0.05, 0.1) is 0 Å². The highest BCUT2D eigenvalue weighted by Gasteiger charge is 2.51. The third-order valence-corrected chi connectivity index (χ3v) is 3.92. The van der Waals surface area contributed by atoms with Crippen LogP contribution in [-0.2, 0) is 0 Å². The minimum atomic E-state index is 0.162. The average Bonchev–Trinajstić information content (AvgIpc) is 3.11. The molecule has 18 heavy (non-hydrogen) atoms. The lowest BCUT2D eigenvalue weighted by molar-refractivity contribution is 0.0960. The smallest absolute Gasteiger partial charge is 0.166 e. The van der Waals surface area contributed by atoms with E-state index in [1.165, 1.54) is 5.56 Å². The van der Waals surface area contributed by atoms with Crippen LogP contribution < -0.4 is 0 Å². The molecule has 3 atom stereocenters. The van der Waals surface area contributed by atoms with Crippen molar-refractivity contribution in [3.05, 3.63) is 71.8 Å². The lowest BCUT2D eigenvalue weighted by atomic mass is 10.0. The summed E-state index contributed by atoms with van der Waals surface area (Å²) in [6.07, 6.45) is 0. The zero-order valence-corrected chi connectivity index (χ0v) is 10.4. The molecule has 1 aliphatic rings. The maximum Gasteiger partial charge on any atom is 0.166 e. The zero-order chi connectivity index (χ0) is 12.5. The zero-order valence-electron chi connectivity index (χ0n) is 10.4. The molecule has 1 nitrogen and oxygen atoms in total. The lowest BCUT2D eigenvalue weighted by Gasteiger charge is -2.00. The average molecular weight is 236 g/mol. The van der Waals surface area contributed by atoms with Crippen LogP contribution in [0.3, 0.4) is 0 Å². The molecule has 1 fully saturated rings. The van der Waals surface area contributed by atoms with Crippen LogP contribution in [0.1, 0.15) is 28.8 Å². The van der Waals surface area contributed by atoms with Gasteiger partial charge in [0.25, 0.3) is 0 Å². The Hall–Kier alpha value is -1.89. The third-order valence-electron chi connectivity index (χ3n) is 3.92. The van der Waals surface area contributed by atoms with Gasteiger partial charge in [-0.3, -0.25) is 4.79 Å². The minimum Gasteiger partial charge on any atom is -0.294 e. The van der Waals surface area contributed by atoms with Crippen molar-refractivity contribution >= 4 is 5.78 Å². The fraction of sp³-hybridized carbons (Fsp3) is 0.235. The Kier molecular flexibility index (Phi) is 2.75. The van der Waals surface area contributed by atoms with E-state index >= 15 is 0 Å². The summed E-state index contributed by atoms with van der Waals surface area (Å²) >= 11 is 0. The number of rotatable bonds is 3. The predicted octanol–water partition coefficient (Wildman–Crippen LogP) is 3.92. The first-order chi connectivity index (χ1) is 8.79. The maximum atomic E-state index is 12.4. The molecule has 0 N–H and O–H groups in total. The molecule has 0 bridgehead atoms. The molecular formula is C17H16O. The van der Waals surface area contributed by atoms with E-state index in [0.29, 0.717) is 11.8 Å². The second-order valence-corrected chi connectivity index (χ2v) is 5.05. The number of carbonyl (C=O) groups excluding carboxylic acids is 1. The second-order valence-electron chi connectivity index (χ2n) is 5.05. The Labute approximate surface area is 107 Å². The van der Waals surface area contributed by atoms with Crippen molar-refractivity contribution in [2.24, 2.45) is 11.8 Å². The lowest BCUT2D eigenvalue weighted by Crippen LogP contribution is -2.03. The minimum absolute atomic E-state index is 0.162. The number of hydrogen-bond acceptors (Lipinski definition) is 1. The van der Waals surface area contributed by atoms with Crippen LogP contribution in [0, 0.1) is 11.8 Å². The summed E-state index contributed by atoms with van der Waals surface area (Å²) in [6, 6.07) is 20.0. The number of hydrogen-bond donors (Lipinski definition) is 0. The van der Waals surface area contributed by atoms with E-state index in [1.807, 2.05) is 48.5 Å². The van der Waals surface area contributed by atoms with E-state index in [-0.39, 0.29) is 11.7 Å². The molecule has 1 saturated carbocycles. The molecule has 0 amide bonds. The summed E-state index contributed by atoms with van der Waals surface area (Å²) in [5.41, 5.74) is 2.13. The van der Waals surface area contributed by atoms with Gasteiger partial charge in [-0.2, -0.15) is 0 Å². The summed E-state index contributed by atoms with van der Waals surface area (Å²) < 4.78 is 0. The van der Waals surface area contributed by atoms with Crippen LogP contribution in [0.15, 0.2) is 60.7 Å². The Morgan fingerprint density at radius 3 is 2.06 bits per heavy atom. The van der Waals surface area contributed by atoms with Crippen LogP contribution in [0.25, 0.3) is 0 Å². The summed E-state index contributed by atoms with van der Waals surface area (Å²) in [5.74, 6) is 1.31. The van der Waals surface area contributed by atoms with Crippen LogP contribution in [0.5, 0.6) is 0 Å². The Balaban J connectivity index is 1.82. The van der Waals surface area contributed by atoms with Gasteiger partial charge in [0, 0.05) is 11.5 Å². The Bertz CT molecular complexity index is 544. The van der Waals surface area contributed by atoms with Crippen LogP contribution in [-0.4, -0.2) is 5.78 Å². The topological polar surface area (TPSA) is 17.1 Å². The van der Waals surface area contributed by atoms with Crippen molar-refractivity contribution in [2.75, 3.05) is 0 Å². The SMILES string of the molecule is C[C@@H]1[C@@H](C(=O)c2ccccc2)[C@@H]1c1ccccc1. The third kappa shape index (κ3) is 1.86. The second kappa shape index (κ2) is 4.41. The van der Waals surface area contributed by atoms with Gasteiger partial charge in [-0.15, -0.1) is 0 Å². The fourth-order valence-corrected chi connectivity index (χ4v) is 2.85. The standard InChI is InChI=1S/C17H16O/c1-12-15(13-8-4-2-5-9-13)16(12)17(18)14-10-6-3-7-11-14/h2-12,15-16H,1H3/t12-,15-,16+/m0/s1. The summed E-state index contributed by atoms with van der Waals surface area (Å²) in [5, 5.41) is 0. The number of benzene rings is 2. The van der Waals surface area contributed by atoms with E-state index in [9.17, 15) is 4.79 Å². The molecule has 0 radical (unpaired) electrons. The summed E-state index contributed by atoms with van der Waals surface area (Å²) in [4.78, 5) is 12.4. The molecule has 0 aromatic heterocycles. The van der Waals surface area contributed by atoms with Gasteiger partial charge < -0.3 is 0 Å².